The van der Waals surface area contributed by atoms with Gasteiger partial charge in [0.1, 0.15) is 0 Å². The number of hydrogen-bond donors (Lipinski definition) is 0. The molecule has 0 radical (unpaired) electrons. The monoisotopic (exact) mass is 371 g/mol. The molecule has 0 aromatic heterocycles. The third kappa shape index (κ3) is 50.2. The van der Waals surface area contributed by atoms with Crippen LogP contribution in [0.5, 0.6) is 0 Å². The van der Waals surface area contributed by atoms with Gasteiger partial charge in [-0.1, -0.05) is 40.0 Å². The molecule has 0 spiro atoms. The van der Waals surface area contributed by atoms with E-state index in [-0.39, 0.29) is 25.0 Å². The van der Waals surface area contributed by atoms with Crippen molar-refractivity contribution >= 4 is 7.92 Å². The summed E-state index contributed by atoms with van der Waals surface area (Å²) in [6.07, 6.45) is 13.4. The molecule has 0 fully saturated rings. The standard InChI is InChI=1S/C12H27P.4CO.Fe/c1-4-7-10-13(11-8-5-2)12-9-6-3;4*1-2;/h4-12H2,1-3H3;;;;;/p+1. The minimum Gasteiger partial charge on any atom is 0 e. The minimum absolute atomic E-state index is 0. The van der Waals surface area contributed by atoms with Gasteiger partial charge in [-0.05, 0) is 19.3 Å². The molecule has 0 heterocycles. The second-order valence-corrected chi connectivity index (χ2v) is 7.06. The van der Waals surface area contributed by atoms with E-state index in [4.69, 9.17) is 18.6 Å². The summed E-state index contributed by atoms with van der Waals surface area (Å²) in [7, 11) is 0.0675. The van der Waals surface area contributed by atoms with Crippen LogP contribution >= 0.6 is 7.92 Å². The van der Waals surface area contributed by atoms with Crippen molar-refractivity contribution in [3.8, 4) is 0 Å². The van der Waals surface area contributed by atoms with Crippen LogP contribution in [-0.2, 0) is 35.7 Å². The molecule has 0 amide bonds. The Bertz CT molecular complexity index is 184. The summed E-state index contributed by atoms with van der Waals surface area (Å²) in [6.45, 7) is 25.0. The van der Waals surface area contributed by atoms with Crippen LogP contribution in [0.25, 0.3) is 0 Å². The molecular weight excluding hydrogens is 343 g/mol. The molecule has 0 bridgehead atoms. The van der Waals surface area contributed by atoms with Crippen molar-refractivity contribution in [1.82, 2.24) is 0 Å². The fourth-order valence-electron chi connectivity index (χ4n) is 1.66. The van der Waals surface area contributed by atoms with Gasteiger partial charge in [-0.15, -0.1) is 0 Å². The second-order valence-electron chi connectivity index (χ2n) is 4.06. The molecule has 22 heavy (non-hydrogen) atoms. The van der Waals surface area contributed by atoms with Gasteiger partial charge in [0, 0.05) is 25.0 Å². The normalized spacial score (nSPS) is 6.91. The first-order valence-electron chi connectivity index (χ1n) is 7.00. The van der Waals surface area contributed by atoms with Gasteiger partial charge in [0.05, 0.1) is 18.5 Å². The van der Waals surface area contributed by atoms with Crippen molar-refractivity contribution < 1.29 is 35.7 Å². The maximum absolute atomic E-state index is 7.50. The van der Waals surface area contributed by atoms with E-state index >= 15 is 0 Å². The Morgan fingerprint density at radius 2 is 0.727 bits per heavy atom. The van der Waals surface area contributed by atoms with E-state index in [0.29, 0.717) is 0 Å². The molecule has 0 aromatic carbocycles. The summed E-state index contributed by atoms with van der Waals surface area (Å²) < 4.78 is 30.0. The quantitative estimate of drug-likeness (QED) is 0.248. The Labute approximate surface area is 148 Å². The van der Waals surface area contributed by atoms with Crippen molar-refractivity contribution in [1.29, 1.82) is 0 Å². The summed E-state index contributed by atoms with van der Waals surface area (Å²) in [5.74, 6) is 0. The van der Waals surface area contributed by atoms with E-state index in [1.54, 1.807) is 18.5 Å². The molecule has 0 saturated heterocycles. The minimum atomic E-state index is 0. The molecule has 6 heteroatoms. The first kappa shape index (κ1) is 37.8. The summed E-state index contributed by atoms with van der Waals surface area (Å²) in [5.41, 5.74) is 0. The van der Waals surface area contributed by atoms with Crippen molar-refractivity contribution in [3.05, 3.63) is 26.6 Å². The van der Waals surface area contributed by atoms with Gasteiger partial charge in [0.25, 0.3) is 0 Å². The van der Waals surface area contributed by atoms with Gasteiger partial charge < -0.3 is 0 Å². The largest absolute Gasteiger partial charge is 0 e. The summed E-state index contributed by atoms with van der Waals surface area (Å²) in [6, 6.07) is 0. The smallest absolute Gasteiger partial charge is 0 e. The zero-order valence-corrected chi connectivity index (χ0v) is 16.0. The zero-order valence-electron chi connectivity index (χ0n) is 13.9. The Balaban J connectivity index is -0.0000000613. The second kappa shape index (κ2) is 58.4. The number of hydrogen-bond acceptors (Lipinski definition) is 0. The van der Waals surface area contributed by atoms with Crippen LogP contribution in [0.2, 0.25) is 0 Å². The zero-order chi connectivity index (χ0) is 17.9. The fourth-order valence-corrected chi connectivity index (χ4v) is 4.97. The molecule has 128 valence electrons. The van der Waals surface area contributed by atoms with Gasteiger partial charge in [0.2, 0.25) is 0 Å². The van der Waals surface area contributed by atoms with Gasteiger partial charge in [-0.25, -0.2) is 0 Å². The third-order valence-electron chi connectivity index (χ3n) is 2.65. The summed E-state index contributed by atoms with van der Waals surface area (Å²) in [4.78, 5) is 0. The molecule has 0 aromatic rings. The van der Waals surface area contributed by atoms with Gasteiger partial charge in [-0.3, -0.25) is 0 Å². The maximum atomic E-state index is 7.50. The molecule has 0 rings (SSSR count). The SMILES string of the molecule is CCCC[PH+](CCCC)CCCC.[C-]#[O+].[C-]#[O+].[C-]#[O+].[C-]#[O+].[Fe]. The van der Waals surface area contributed by atoms with Crippen LogP contribution in [0.4, 0.5) is 0 Å². The summed E-state index contributed by atoms with van der Waals surface area (Å²) >= 11 is 0. The molecule has 0 aliphatic carbocycles. The van der Waals surface area contributed by atoms with E-state index < -0.39 is 0 Å². The Morgan fingerprint density at radius 3 is 0.864 bits per heavy atom. The van der Waals surface area contributed by atoms with Gasteiger partial charge in [-0.2, -0.15) is 0 Å². The van der Waals surface area contributed by atoms with E-state index in [1.807, 2.05) is 0 Å². The van der Waals surface area contributed by atoms with Crippen molar-refractivity contribution in [3.63, 3.8) is 0 Å². The predicted octanol–water partition coefficient (Wildman–Crippen LogP) is 4.45. The van der Waals surface area contributed by atoms with Gasteiger partial charge >= 0.3 is 45.2 Å². The van der Waals surface area contributed by atoms with Gasteiger partial charge in [0.15, 0.2) is 0 Å². The molecule has 0 atom stereocenters. The van der Waals surface area contributed by atoms with E-state index in [1.165, 1.54) is 38.5 Å². The fraction of sp³-hybridized carbons (Fsp3) is 0.750. The summed E-state index contributed by atoms with van der Waals surface area (Å²) in [5, 5.41) is 0. The van der Waals surface area contributed by atoms with Crippen LogP contribution in [-0.4, -0.2) is 18.5 Å². The molecule has 0 aliphatic rings. The Morgan fingerprint density at radius 1 is 0.545 bits per heavy atom. The van der Waals surface area contributed by atoms with Crippen LogP contribution in [0, 0.1) is 26.6 Å². The van der Waals surface area contributed by atoms with Crippen LogP contribution in [0.1, 0.15) is 59.3 Å². The van der Waals surface area contributed by atoms with Crippen LogP contribution < -0.4 is 0 Å². The van der Waals surface area contributed by atoms with Crippen molar-refractivity contribution in [2.45, 2.75) is 59.3 Å². The average molecular weight is 371 g/mol. The predicted molar refractivity (Wildman–Crippen MR) is 83.4 cm³/mol. The van der Waals surface area contributed by atoms with Crippen molar-refractivity contribution in [2.75, 3.05) is 18.5 Å². The molecule has 0 N–H and O–H groups in total. The topological polar surface area (TPSA) is 79.6 Å². The van der Waals surface area contributed by atoms with Crippen LogP contribution in [0.3, 0.4) is 0 Å². The first-order valence-corrected chi connectivity index (χ1v) is 9.12. The van der Waals surface area contributed by atoms with Crippen molar-refractivity contribution in [2.24, 2.45) is 0 Å². The Hall–Kier alpha value is -0.0905. The average Bonchev–Trinajstić information content (AvgIpc) is 2.61. The van der Waals surface area contributed by atoms with E-state index in [2.05, 4.69) is 47.4 Å². The van der Waals surface area contributed by atoms with E-state index in [9.17, 15) is 0 Å². The molecule has 0 saturated carbocycles. The molecule has 4 nitrogen and oxygen atoms in total. The number of rotatable bonds is 9. The molecular formula is C16H28FeO4P+. The maximum Gasteiger partial charge on any atom is 0 e. The Kier molecular flexibility index (Phi) is 101. The van der Waals surface area contributed by atoms with E-state index in [0.717, 1.165) is 0 Å². The first-order chi connectivity index (χ1) is 10.3. The third-order valence-corrected chi connectivity index (χ3v) is 5.83. The molecule has 0 unspecified atom stereocenters. The number of unbranched alkanes of at least 4 members (excludes halogenated alkanes) is 3. The molecule has 0 aliphatic heterocycles. The van der Waals surface area contributed by atoms with Crippen LogP contribution in [0.15, 0.2) is 0 Å².